The largest absolute Gasteiger partial charge is 0.362 e. The number of fused-ring (bicyclic) bond motifs is 1. The maximum absolute atomic E-state index is 12.2. The molecule has 2 rings (SSSR count). The zero-order valence-corrected chi connectivity index (χ0v) is 15.4. The van der Waals surface area contributed by atoms with Gasteiger partial charge in [-0.25, -0.2) is 0 Å². The number of carbonyl (C=O) groups is 1. The highest BCUT2D eigenvalue weighted by molar-refractivity contribution is 6.68. The predicted molar refractivity (Wildman–Crippen MR) is 99.2 cm³/mol. The lowest BCUT2D eigenvalue weighted by atomic mass is 9.95. The quantitative estimate of drug-likeness (QED) is 0.580. The smallest absolute Gasteiger partial charge is 0.228 e. The van der Waals surface area contributed by atoms with Crippen molar-refractivity contribution in [3.05, 3.63) is 42.5 Å². The molecule has 6 heteroatoms. The minimum atomic E-state index is -1.69. The van der Waals surface area contributed by atoms with Crippen molar-refractivity contribution in [1.29, 1.82) is 0 Å². The monoisotopic (exact) mass is 372 g/mol. The molecule has 0 aliphatic rings. The van der Waals surface area contributed by atoms with Gasteiger partial charge in [0.2, 0.25) is 9.70 Å². The van der Waals surface area contributed by atoms with Crippen LogP contribution in [0.3, 0.4) is 0 Å². The van der Waals surface area contributed by atoms with Crippen molar-refractivity contribution in [2.75, 3.05) is 5.32 Å². The zero-order valence-electron chi connectivity index (χ0n) is 13.2. The molecule has 0 saturated heterocycles. The average Bonchev–Trinajstić information content (AvgIpc) is 2.44. The van der Waals surface area contributed by atoms with Crippen LogP contribution in [0, 0.1) is 5.41 Å². The maximum Gasteiger partial charge on any atom is 0.228 e. The van der Waals surface area contributed by atoms with E-state index in [1.54, 1.807) is 20.8 Å². The average molecular weight is 374 g/mol. The van der Waals surface area contributed by atoms with E-state index in [-0.39, 0.29) is 5.91 Å². The Hall–Kier alpha value is -1.16. The fourth-order valence-electron chi connectivity index (χ4n) is 1.99. The van der Waals surface area contributed by atoms with E-state index < -0.39 is 15.4 Å². The highest BCUT2D eigenvalue weighted by atomic mass is 35.6. The van der Waals surface area contributed by atoms with Crippen LogP contribution >= 0.6 is 34.8 Å². The van der Waals surface area contributed by atoms with Gasteiger partial charge in [0.05, 0.1) is 0 Å². The molecule has 0 aliphatic carbocycles. The van der Waals surface area contributed by atoms with E-state index in [1.807, 2.05) is 42.5 Å². The second-order valence-electron chi connectivity index (χ2n) is 6.40. The summed E-state index contributed by atoms with van der Waals surface area (Å²) in [5.41, 5.74) is 0.174. The van der Waals surface area contributed by atoms with Gasteiger partial charge in [0.15, 0.2) is 0 Å². The lowest BCUT2D eigenvalue weighted by Gasteiger charge is -2.30. The van der Waals surface area contributed by atoms with Gasteiger partial charge in [0, 0.05) is 11.1 Å². The number of amides is 1. The molecule has 0 fully saturated rings. The summed E-state index contributed by atoms with van der Waals surface area (Å²) in [5, 5.41) is 8.01. The third kappa shape index (κ3) is 4.90. The number of rotatable bonds is 3. The van der Waals surface area contributed by atoms with Crippen molar-refractivity contribution in [3.63, 3.8) is 0 Å². The summed E-state index contributed by atoms with van der Waals surface area (Å²) in [4.78, 5) is 12.2. The molecular formula is C17H19Cl3N2O. The summed E-state index contributed by atoms with van der Waals surface area (Å²) in [6, 6.07) is 13.8. The van der Waals surface area contributed by atoms with Gasteiger partial charge in [-0.3, -0.25) is 4.79 Å². The first-order valence-corrected chi connectivity index (χ1v) is 8.34. The summed E-state index contributed by atoms with van der Waals surface area (Å²) < 4.78 is -1.69. The van der Waals surface area contributed by atoms with Crippen LogP contribution in [0.4, 0.5) is 5.69 Å². The minimum Gasteiger partial charge on any atom is -0.362 e. The zero-order chi connectivity index (χ0) is 17.3. The molecule has 3 nitrogen and oxygen atoms in total. The number of anilines is 1. The predicted octanol–water partition coefficient (Wildman–Crippen LogP) is 5.11. The van der Waals surface area contributed by atoms with Gasteiger partial charge in [-0.1, -0.05) is 85.9 Å². The van der Waals surface area contributed by atoms with Crippen molar-refractivity contribution < 1.29 is 4.79 Å². The normalized spacial score (nSPS) is 13.7. The van der Waals surface area contributed by atoms with Crippen LogP contribution in [0.15, 0.2) is 42.5 Å². The second kappa shape index (κ2) is 6.76. The molecule has 0 aliphatic heterocycles. The third-order valence-corrected chi connectivity index (χ3v) is 4.00. The van der Waals surface area contributed by atoms with Crippen molar-refractivity contribution in [2.45, 2.75) is 30.7 Å². The molecule has 2 N–H and O–H groups in total. The Morgan fingerprint density at radius 3 is 2.17 bits per heavy atom. The van der Waals surface area contributed by atoms with Crippen molar-refractivity contribution >= 4 is 57.2 Å². The number of hydrogen-bond acceptors (Lipinski definition) is 2. The van der Waals surface area contributed by atoms with Crippen LogP contribution in [0.2, 0.25) is 0 Å². The second-order valence-corrected chi connectivity index (χ2v) is 8.77. The Balaban J connectivity index is 2.24. The molecule has 0 radical (unpaired) electrons. The number of hydrogen-bond donors (Lipinski definition) is 2. The van der Waals surface area contributed by atoms with Gasteiger partial charge in [0.1, 0.15) is 6.17 Å². The Bertz CT molecular complexity index is 705. The van der Waals surface area contributed by atoms with E-state index >= 15 is 0 Å². The van der Waals surface area contributed by atoms with Crippen molar-refractivity contribution in [2.24, 2.45) is 5.41 Å². The van der Waals surface area contributed by atoms with Crippen molar-refractivity contribution in [3.8, 4) is 0 Å². The Morgan fingerprint density at radius 2 is 1.61 bits per heavy atom. The Morgan fingerprint density at radius 1 is 1.00 bits per heavy atom. The number of halogens is 3. The first-order chi connectivity index (χ1) is 10.6. The van der Waals surface area contributed by atoms with Crippen molar-refractivity contribution in [1.82, 2.24) is 5.32 Å². The molecule has 1 amide bonds. The van der Waals surface area contributed by atoms with Crippen LogP contribution in [-0.2, 0) is 4.79 Å². The molecule has 2 aromatic carbocycles. The van der Waals surface area contributed by atoms with Gasteiger partial charge in [-0.15, -0.1) is 0 Å². The fraction of sp³-hybridized carbons (Fsp3) is 0.353. The number of alkyl halides is 3. The van der Waals surface area contributed by atoms with E-state index in [1.165, 1.54) is 0 Å². The summed E-state index contributed by atoms with van der Waals surface area (Å²) in [7, 11) is 0. The van der Waals surface area contributed by atoms with Gasteiger partial charge in [-0.2, -0.15) is 0 Å². The summed E-state index contributed by atoms with van der Waals surface area (Å²) in [5.74, 6) is -0.206. The maximum atomic E-state index is 12.2. The number of nitrogens with one attached hydrogen (secondary N) is 2. The van der Waals surface area contributed by atoms with Gasteiger partial charge in [0.25, 0.3) is 0 Å². The van der Waals surface area contributed by atoms with Crippen LogP contribution in [0.25, 0.3) is 10.8 Å². The number of benzene rings is 2. The van der Waals surface area contributed by atoms with E-state index in [4.69, 9.17) is 34.8 Å². The molecule has 0 spiro atoms. The van der Waals surface area contributed by atoms with Gasteiger partial charge < -0.3 is 10.6 Å². The molecule has 1 atom stereocenters. The van der Waals surface area contributed by atoms with Crippen LogP contribution in [-0.4, -0.2) is 15.9 Å². The van der Waals surface area contributed by atoms with E-state index in [2.05, 4.69) is 10.6 Å². The summed E-state index contributed by atoms with van der Waals surface area (Å²) in [6.45, 7) is 5.40. The SMILES string of the molecule is CC(C)(C)C(=O)N[C@@H](Nc1ccc2ccccc2c1)C(Cl)(Cl)Cl. The Kier molecular flexibility index (Phi) is 5.34. The summed E-state index contributed by atoms with van der Waals surface area (Å²) in [6.07, 6.45) is -0.847. The van der Waals surface area contributed by atoms with E-state index in [0.29, 0.717) is 0 Å². The third-order valence-electron chi connectivity index (χ3n) is 3.34. The number of carbonyl (C=O) groups excluding carboxylic acids is 1. The lowest BCUT2D eigenvalue weighted by Crippen LogP contribution is -2.52. The molecule has 0 aromatic heterocycles. The summed E-state index contributed by atoms with van der Waals surface area (Å²) >= 11 is 18.0. The van der Waals surface area contributed by atoms with E-state index in [9.17, 15) is 4.79 Å². The fourth-order valence-corrected chi connectivity index (χ4v) is 2.32. The van der Waals surface area contributed by atoms with Crippen LogP contribution in [0.5, 0.6) is 0 Å². The molecule has 0 unspecified atom stereocenters. The molecule has 0 saturated carbocycles. The van der Waals surface area contributed by atoms with Crippen LogP contribution < -0.4 is 10.6 Å². The van der Waals surface area contributed by atoms with Crippen LogP contribution in [0.1, 0.15) is 20.8 Å². The molecule has 124 valence electrons. The first kappa shape index (κ1) is 18.2. The molecule has 0 bridgehead atoms. The molecule has 23 heavy (non-hydrogen) atoms. The van der Waals surface area contributed by atoms with Gasteiger partial charge >= 0.3 is 0 Å². The standard InChI is InChI=1S/C17H19Cl3N2O/c1-16(2,3)15(23)22-14(17(18,19)20)21-13-9-8-11-6-4-5-7-12(11)10-13/h4-10,14,21H,1-3H3,(H,22,23)/t14-/m1/s1. The van der Waals surface area contributed by atoms with E-state index in [0.717, 1.165) is 16.5 Å². The Labute approximate surface area is 151 Å². The highest BCUT2D eigenvalue weighted by Gasteiger charge is 2.36. The van der Waals surface area contributed by atoms with Gasteiger partial charge in [-0.05, 0) is 22.9 Å². The topological polar surface area (TPSA) is 41.1 Å². The highest BCUT2D eigenvalue weighted by Crippen LogP contribution is 2.32. The first-order valence-electron chi connectivity index (χ1n) is 7.20. The molecule has 0 heterocycles. The molecular weight excluding hydrogens is 355 g/mol. The minimum absolute atomic E-state index is 0.206. The molecule has 2 aromatic rings. The lowest BCUT2D eigenvalue weighted by molar-refractivity contribution is -0.129.